The molecule has 0 aromatic heterocycles. The van der Waals surface area contributed by atoms with E-state index in [1.807, 2.05) is 13.2 Å². The Labute approximate surface area is 118 Å². The summed E-state index contributed by atoms with van der Waals surface area (Å²) in [5.41, 5.74) is 1.32. The zero-order chi connectivity index (χ0) is 14.3. The van der Waals surface area contributed by atoms with Crippen LogP contribution in [0.1, 0.15) is 30.6 Å². The van der Waals surface area contributed by atoms with Gasteiger partial charge >= 0.3 is 6.03 Å². The molecule has 0 aliphatic heterocycles. The van der Waals surface area contributed by atoms with Gasteiger partial charge in [-0.2, -0.15) is 11.8 Å². The van der Waals surface area contributed by atoms with Crippen LogP contribution in [0.15, 0.2) is 24.3 Å². The summed E-state index contributed by atoms with van der Waals surface area (Å²) in [6.45, 7) is 3.50. The van der Waals surface area contributed by atoms with Crippen LogP contribution in [0.25, 0.3) is 0 Å². The van der Waals surface area contributed by atoms with Crippen LogP contribution in [0.3, 0.4) is 0 Å². The van der Waals surface area contributed by atoms with Crippen molar-refractivity contribution in [2.75, 3.05) is 17.3 Å². The molecular weight excluding hydrogens is 260 g/mol. The molecule has 1 atom stereocenters. The van der Waals surface area contributed by atoms with Gasteiger partial charge in [0.15, 0.2) is 5.78 Å². The van der Waals surface area contributed by atoms with E-state index in [4.69, 9.17) is 0 Å². The van der Waals surface area contributed by atoms with Crippen molar-refractivity contribution >= 4 is 29.3 Å². The number of urea groups is 1. The van der Waals surface area contributed by atoms with Gasteiger partial charge < -0.3 is 10.6 Å². The van der Waals surface area contributed by atoms with Crippen molar-refractivity contribution in [2.45, 2.75) is 26.3 Å². The summed E-state index contributed by atoms with van der Waals surface area (Å²) in [6, 6.07) is 6.78. The highest BCUT2D eigenvalue weighted by molar-refractivity contribution is 7.98. The molecule has 19 heavy (non-hydrogen) atoms. The quantitative estimate of drug-likeness (QED) is 0.787. The highest BCUT2D eigenvalue weighted by Gasteiger charge is 2.07. The van der Waals surface area contributed by atoms with E-state index < -0.39 is 0 Å². The van der Waals surface area contributed by atoms with Gasteiger partial charge in [0.05, 0.1) is 0 Å². The van der Waals surface area contributed by atoms with E-state index in [-0.39, 0.29) is 17.9 Å². The minimum absolute atomic E-state index is 0.0155. The highest BCUT2D eigenvalue weighted by atomic mass is 32.2. The minimum Gasteiger partial charge on any atom is -0.335 e. The summed E-state index contributed by atoms with van der Waals surface area (Å²) in [4.78, 5) is 22.8. The fourth-order valence-electron chi connectivity index (χ4n) is 1.55. The number of rotatable bonds is 6. The molecule has 0 heterocycles. The topological polar surface area (TPSA) is 58.2 Å². The summed E-state index contributed by atoms with van der Waals surface area (Å²) < 4.78 is 0. The molecule has 0 aliphatic carbocycles. The standard InChI is InChI=1S/C14H20N2O2S/c1-10(8-9-19-3)15-14(18)16-13-6-4-12(5-7-13)11(2)17/h4-7,10H,8-9H2,1-3H3,(H2,15,16,18). The van der Waals surface area contributed by atoms with Crippen molar-refractivity contribution in [1.82, 2.24) is 5.32 Å². The molecule has 0 aliphatic rings. The first kappa shape index (κ1) is 15.6. The first-order valence-corrected chi connectivity index (χ1v) is 7.59. The highest BCUT2D eigenvalue weighted by Crippen LogP contribution is 2.10. The molecule has 1 aromatic rings. The molecule has 1 unspecified atom stereocenters. The smallest absolute Gasteiger partial charge is 0.319 e. The number of hydrogen-bond acceptors (Lipinski definition) is 3. The number of nitrogens with one attached hydrogen (secondary N) is 2. The molecule has 2 N–H and O–H groups in total. The van der Waals surface area contributed by atoms with Gasteiger partial charge in [0, 0.05) is 17.3 Å². The number of carbonyl (C=O) groups is 2. The Hall–Kier alpha value is -1.49. The lowest BCUT2D eigenvalue weighted by molar-refractivity contribution is 0.101. The van der Waals surface area contributed by atoms with E-state index in [0.29, 0.717) is 11.3 Å². The normalized spacial score (nSPS) is 11.7. The van der Waals surface area contributed by atoms with Crippen LogP contribution in [0.5, 0.6) is 0 Å². The second-order valence-corrected chi connectivity index (χ2v) is 5.40. The van der Waals surface area contributed by atoms with Crippen LogP contribution in [-0.2, 0) is 0 Å². The molecule has 0 bridgehead atoms. The third kappa shape index (κ3) is 5.79. The van der Waals surface area contributed by atoms with Crippen molar-refractivity contribution in [3.63, 3.8) is 0 Å². The minimum atomic E-state index is -0.218. The third-order valence-electron chi connectivity index (χ3n) is 2.68. The van der Waals surface area contributed by atoms with Crippen molar-refractivity contribution in [1.29, 1.82) is 0 Å². The lowest BCUT2D eigenvalue weighted by Crippen LogP contribution is -2.36. The number of anilines is 1. The molecule has 104 valence electrons. The average Bonchev–Trinajstić information content (AvgIpc) is 2.36. The second-order valence-electron chi connectivity index (χ2n) is 4.41. The average molecular weight is 280 g/mol. The monoisotopic (exact) mass is 280 g/mol. The van der Waals surface area contributed by atoms with Gasteiger partial charge in [-0.25, -0.2) is 4.79 Å². The van der Waals surface area contributed by atoms with Crippen LogP contribution in [0, 0.1) is 0 Å². The van der Waals surface area contributed by atoms with Gasteiger partial charge in [-0.3, -0.25) is 4.79 Å². The summed E-state index contributed by atoms with van der Waals surface area (Å²) in [7, 11) is 0. The number of carbonyl (C=O) groups excluding carboxylic acids is 2. The van der Waals surface area contributed by atoms with E-state index in [1.54, 1.807) is 36.0 Å². The summed E-state index contributed by atoms with van der Waals surface area (Å²) >= 11 is 1.76. The summed E-state index contributed by atoms with van der Waals surface area (Å²) in [5.74, 6) is 1.04. The zero-order valence-corrected chi connectivity index (χ0v) is 12.3. The van der Waals surface area contributed by atoms with E-state index in [1.165, 1.54) is 6.92 Å². The van der Waals surface area contributed by atoms with Crippen molar-refractivity contribution in [3.8, 4) is 0 Å². The van der Waals surface area contributed by atoms with Gasteiger partial charge in [-0.1, -0.05) is 0 Å². The van der Waals surface area contributed by atoms with Crippen LogP contribution in [0.2, 0.25) is 0 Å². The third-order valence-corrected chi connectivity index (χ3v) is 3.33. The fourth-order valence-corrected chi connectivity index (χ4v) is 2.14. The Bertz CT molecular complexity index is 432. The maximum Gasteiger partial charge on any atom is 0.319 e. The number of thioether (sulfide) groups is 1. The first-order chi connectivity index (χ1) is 9.02. The van der Waals surface area contributed by atoms with Gasteiger partial charge in [0.1, 0.15) is 0 Å². The maximum atomic E-state index is 11.7. The molecule has 5 heteroatoms. The molecule has 1 aromatic carbocycles. The number of ketones is 1. The molecule has 0 fully saturated rings. The fraction of sp³-hybridized carbons (Fsp3) is 0.429. The Morgan fingerprint density at radius 2 is 1.89 bits per heavy atom. The Balaban J connectivity index is 2.45. The van der Waals surface area contributed by atoms with Gasteiger partial charge in [0.2, 0.25) is 0 Å². The van der Waals surface area contributed by atoms with Crippen LogP contribution >= 0.6 is 11.8 Å². The predicted octanol–water partition coefficient (Wildman–Crippen LogP) is 3.15. The largest absolute Gasteiger partial charge is 0.335 e. The van der Waals surface area contributed by atoms with Gasteiger partial charge in [0.25, 0.3) is 0 Å². The lowest BCUT2D eigenvalue weighted by Gasteiger charge is -2.14. The number of amides is 2. The molecule has 0 saturated heterocycles. The predicted molar refractivity (Wildman–Crippen MR) is 81.1 cm³/mol. The van der Waals surface area contributed by atoms with Crippen molar-refractivity contribution < 1.29 is 9.59 Å². The Morgan fingerprint density at radius 3 is 2.42 bits per heavy atom. The van der Waals surface area contributed by atoms with E-state index in [9.17, 15) is 9.59 Å². The summed E-state index contributed by atoms with van der Waals surface area (Å²) in [5, 5.41) is 5.62. The Kier molecular flexibility index (Phi) is 6.42. The molecule has 1 rings (SSSR count). The van der Waals surface area contributed by atoms with Gasteiger partial charge in [-0.05, 0) is 56.5 Å². The van der Waals surface area contributed by atoms with E-state index in [0.717, 1.165) is 12.2 Å². The molecule has 2 amide bonds. The van der Waals surface area contributed by atoms with Gasteiger partial charge in [-0.15, -0.1) is 0 Å². The molecule has 0 spiro atoms. The maximum absolute atomic E-state index is 11.7. The Morgan fingerprint density at radius 1 is 1.26 bits per heavy atom. The lowest BCUT2D eigenvalue weighted by atomic mass is 10.1. The zero-order valence-electron chi connectivity index (χ0n) is 11.5. The summed E-state index contributed by atoms with van der Waals surface area (Å²) in [6.07, 6.45) is 2.99. The van der Waals surface area contributed by atoms with Crippen molar-refractivity contribution in [3.05, 3.63) is 29.8 Å². The number of Topliss-reactive ketones (excluding diaryl/α,β-unsaturated/α-hetero) is 1. The van der Waals surface area contributed by atoms with Crippen LogP contribution < -0.4 is 10.6 Å². The SMILES string of the molecule is CSCCC(C)NC(=O)Nc1ccc(C(C)=O)cc1. The van der Waals surface area contributed by atoms with Crippen molar-refractivity contribution in [2.24, 2.45) is 0 Å². The number of benzene rings is 1. The van der Waals surface area contributed by atoms with E-state index >= 15 is 0 Å². The molecule has 0 radical (unpaired) electrons. The molecule has 4 nitrogen and oxygen atoms in total. The second kappa shape index (κ2) is 7.84. The van der Waals surface area contributed by atoms with Crippen LogP contribution in [-0.4, -0.2) is 29.9 Å². The molecule has 0 saturated carbocycles. The first-order valence-electron chi connectivity index (χ1n) is 6.20. The number of hydrogen-bond donors (Lipinski definition) is 2. The van der Waals surface area contributed by atoms with Crippen LogP contribution in [0.4, 0.5) is 10.5 Å². The molecular formula is C14H20N2O2S. The van der Waals surface area contributed by atoms with E-state index in [2.05, 4.69) is 10.6 Å².